The van der Waals surface area contributed by atoms with E-state index in [4.69, 9.17) is 9.98 Å². The van der Waals surface area contributed by atoms with E-state index in [1.54, 1.807) is 0 Å². The quantitative estimate of drug-likeness (QED) is 0.110. The highest BCUT2D eigenvalue weighted by atomic mass is 14.8. The first-order chi connectivity index (χ1) is 18.7. The third kappa shape index (κ3) is 15.3. The minimum atomic E-state index is 0.968. The molecule has 0 unspecified atom stereocenters. The lowest BCUT2D eigenvalue weighted by atomic mass is 10.0. The normalized spacial score (nSPS) is 12.0. The monoisotopic (exact) mass is 516 g/mol. The number of aryl methyl sites for hydroxylation is 2. The number of nitrogens with zero attached hydrogens (tertiary/aromatic N) is 2. The number of aliphatic imine (C=N–C) groups is 2. The van der Waals surface area contributed by atoms with Crippen LogP contribution in [0.5, 0.6) is 0 Å². The zero-order valence-corrected chi connectivity index (χ0v) is 25.0. The van der Waals surface area contributed by atoms with E-state index < -0.39 is 0 Å². The lowest BCUT2D eigenvalue weighted by molar-refractivity contribution is 0.589. The molecule has 2 aromatic rings. The van der Waals surface area contributed by atoms with E-state index in [0.29, 0.717) is 0 Å². The highest BCUT2D eigenvalue weighted by Gasteiger charge is 2.01. The molecule has 0 N–H and O–H groups in total. The molecular weight excluding hydrogens is 460 g/mol. The van der Waals surface area contributed by atoms with Gasteiger partial charge >= 0.3 is 0 Å². The van der Waals surface area contributed by atoms with Crippen LogP contribution < -0.4 is 0 Å². The maximum absolute atomic E-state index is 4.95. The summed E-state index contributed by atoms with van der Waals surface area (Å²) in [4.78, 5) is 9.73. The lowest BCUT2D eigenvalue weighted by Gasteiger charge is -2.05. The molecule has 2 rings (SSSR count). The van der Waals surface area contributed by atoms with Crippen LogP contribution in [0.4, 0.5) is 11.4 Å². The van der Waals surface area contributed by atoms with Crippen LogP contribution in [0.1, 0.15) is 141 Å². The summed E-state index contributed by atoms with van der Waals surface area (Å²) in [6.45, 7) is 6.80. The van der Waals surface area contributed by atoms with Crippen LogP contribution in [0.15, 0.2) is 58.5 Å². The summed E-state index contributed by atoms with van der Waals surface area (Å²) >= 11 is 0. The van der Waals surface area contributed by atoms with Crippen LogP contribution in [0, 0.1) is 0 Å². The summed E-state index contributed by atoms with van der Waals surface area (Å²) < 4.78 is 0. The third-order valence-electron chi connectivity index (χ3n) is 7.43. The van der Waals surface area contributed by atoms with Gasteiger partial charge in [0, 0.05) is 6.21 Å². The fourth-order valence-corrected chi connectivity index (χ4v) is 4.88. The molecular formula is C36H56N2. The lowest BCUT2D eigenvalue weighted by Crippen LogP contribution is -1.99. The van der Waals surface area contributed by atoms with Crippen molar-refractivity contribution in [2.75, 3.05) is 0 Å². The van der Waals surface area contributed by atoms with E-state index in [0.717, 1.165) is 36.3 Å². The van der Waals surface area contributed by atoms with Gasteiger partial charge in [-0.3, -0.25) is 9.98 Å². The Labute approximate surface area is 235 Å². The molecule has 0 aliphatic carbocycles. The molecule has 0 radical (unpaired) electrons. The Hall–Kier alpha value is -2.22. The van der Waals surface area contributed by atoms with E-state index in [1.807, 2.05) is 6.21 Å². The van der Waals surface area contributed by atoms with Crippen molar-refractivity contribution in [3.63, 3.8) is 0 Å². The topological polar surface area (TPSA) is 24.7 Å². The Morgan fingerprint density at radius 2 is 0.921 bits per heavy atom. The van der Waals surface area contributed by atoms with Crippen molar-refractivity contribution < 1.29 is 0 Å². The van der Waals surface area contributed by atoms with Crippen molar-refractivity contribution in [2.45, 2.75) is 143 Å². The van der Waals surface area contributed by atoms with Gasteiger partial charge in [-0.25, -0.2) is 0 Å². The Morgan fingerprint density at radius 1 is 0.500 bits per heavy atom. The molecule has 0 fully saturated rings. The molecule has 210 valence electrons. The first-order valence-corrected chi connectivity index (χ1v) is 16.0. The molecule has 0 saturated carbocycles. The van der Waals surface area contributed by atoms with Gasteiger partial charge in [0.2, 0.25) is 0 Å². The van der Waals surface area contributed by atoms with Crippen LogP contribution in [0.25, 0.3) is 0 Å². The Kier molecular flexibility index (Phi) is 18.3. The van der Waals surface area contributed by atoms with Crippen molar-refractivity contribution in [3.8, 4) is 0 Å². The average Bonchev–Trinajstić information content (AvgIpc) is 2.95. The number of benzene rings is 2. The van der Waals surface area contributed by atoms with Crippen LogP contribution in [0.3, 0.4) is 0 Å². The molecule has 2 aromatic carbocycles. The van der Waals surface area contributed by atoms with Gasteiger partial charge in [0.05, 0.1) is 17.1 Å². The van der Waals surface area contributed by atoms with Crippen LogP contribution in [-0.2, 0) is 12.8 Å². The third-order valence-corrected chi connectivity index (χ3v) is 7.43. The first-order valence-electron chi connectivity index (χ1n) is 16.0. The molecule has 0 spiro atoms. The van der Waals surface area contributed by atoms with E-state index >= 15 is 0 Å². The molecule has 0 saturated heterocycles. The van der Waals surface area contributed by atoms with Crippen molar-refractivity contribution in [3.05, 3.63) is 59.7 Å². The van der Waals surface area contributed by atoms with Crippen molar-refractivity contribution in [1.82, 2.24) is 0 Å². The van der Waals surface area contributed by atoms with Crippen molar-refractivity contribution in [1.29, 1.82) is 0 Å². The first kappa shape index (κ1) is 32.0. The van der Waals surface area contributed by atoms with Gasteiger partial charge in [0.15, 0.2) is 0 Å². The van der Waals surface area contributed by atoms with Crippen molar-refractivity contribution >= 4 is 23.3 Å². The summed E-state index contributed by atoms with van der Waals surface area (Å²) in [7, 11) is 0. The predicted octanol–water partition coefficient (Wildman–Crippen LogP) is 11.9. The fourth-order valence-electron chi connectivity index (χ4n) is 4.88. The molecule has 0 atom stereocenters. The second kappa shape index (κ2) is 21.7. The molecule has 0 bridgehead atoms. The van der Waals surface area contributed by atoms with E-state index in [-0.39, 0.29) is 0 Å². The molecule has 2 heteroatoms. The van der Waals surface area contributed by atoms with Gasteiger partial charge in [-0.2, -0.15) is 0 Å². The second-order valence-electron chi connectivity index (χ2n) is 11.0. The van der Waals surface area contributed by atoms with Gasteiger partial charge in [-0.05, 0) is 73.9 Å². The van der Waals surface area contributed by atoms with Crippen LogP contribution >= 0.6 is 0 Å². The number of hydrogen-bond donors (Lipinski definition) is 0. The molecule has 38 heavy (non-hydrogen) atoms. The van der Waals surface area contributed by atoms with Crippen LogP contribution in [0.2, 0.25) is 0 Å². The molecule has 0 aliphatic rings. The SMILES string of the molecule is CCCCCCCCCc1ccc(N=CC(CCCC)=Nc2ccc(CCCCCCCCC)cc2)cc1. The van der Waals surface area contributed by atoms with Gasteiger partial charge < -0.3 is 0 Å². The summed E-state index contributed by atoms with van der Waals surface area (Å²) in [5.41, 5.74) is 5.98. The summed E-state index contributed by atoms with van der Waals surface area (Å²) in [6.07, 6.45) is 26.7. The molecule has 0 heterocycles. The number of unbranched alkanes of at least 4 members (excludes halogenated alkanes) is 13. The molecule has 0 amide bonds. The Balaban J connectivity index is 1.82. The Morgan fingerprint density at radius 3 is 1.39 bits per heavy atom. The maximum Gasteiger partial charge on any atom is 0.0633 e. The molecule has 0 aliphatic heterocycles. The van der Waals surface area contributed by atoms with Crippen LogP contribution in [-0.4, -0.2) is 11.9 Å². The van der Waals surface area contributed by atoms with E-state index in [1.165, 1.54) is 114 Å². The average molecular weight is 517 g/mol. The van der Waals surface area contributed by atoms with Gasteiger partial charge in [-0.1, -0.05) is 129 Å². The standard InChI is InChI=1S/C36H56N2/c1-4-7-10-12-14-16-18-20-32-23-27-34(28-24-32)37-31-36(22-9-6-3)38-35-29-25-33(26-30-35)21-19-17-15-13-11-8-5-2/h23-31H,4-22H2,1-3H3. The number of rotatable bonds is 22. The largest absolute Gasteiger partial charge is 0.255 e. The minimum Gasteiger partial charge on any atom is -0.255 e. The zero-order chi connectivity index (χ0) is 27.1. The highest BCUT2D eigenvalue weighted by Crippen LogP contribution is 2.19. The van der Waals surface area contributed by atoms with Crippen molar-refractivity contribution in [2.24, 2.45) is 9.98 Å². The smallest absolute Gasteiger partial charge is 0.0633 e. The predicted molar refractivity (Wildman–Crippen MR) is 171 cm³/mol. The highest BCUT2D eigenvalue weighted by molar-refractivity contribution is 6.31. The van der Waals surface area contributed by atoms with Gasteiger partial charge in [0.25, 0.3) is 0 Å². The summed E-state index contributed by atoms with van der Waals surface area (Å²) in [5.74, 6) is 0. The fraction of sp³-hybridized carbons (Fsp3) is 0.611. The second-order valence-corrected chi connectivity index (χ2v) is 11.0. The zero-order valence-electron chi connectivity index (χ0n) is 25.0. The molecule has 2 nitrogen and oxygen atoms in total. The van der Waals surface area contributed by atoms with Gasteiger partial charge in [0.1, 0.15) is 0 Å². The van der Waals surface area contributed by atoms with Gasteiger partial charge in [-0.15, -0.1) is 0 Å². The summed E-state index contributed by atoms with van der Waals surface area (Å²) in [6, 6.07) is 17.7. The number of hydrogen-bond acceptors (Lipinski definition) is 2. The molecule has 0 aromatic heterocycles. The summed E-state index contributed by atoms with van der Waals surface area (Å²) in [5, 5.41) is 0. The maximum atomic E-state index is 4.95. The van der Waals surface area contributed by atoms with E-state index in [9.17, 15) is 0 Å². The van der Waals surface area contributed by atoms with E-state index in [2.05, 4.69) is 69.3 Å². The Bertz CT molecular complexity index is 877. The minimum absolute atomic E-state index is 0.968.